The maximum Gasteiger partial charge on any atom is 1.00 e. The average Bonchev–Trinajstić information content (AvgIpc) is 2.88. The maximum absolute atomic E-state index is 14.5. The smallest absolute Gasteiger partial charge is 0.493 e. The average molecular weight is 604 g/mol. The van der Waals surface area contributed by atoms with E-state index in [1.807, 2.05) is 0 Å². The zero-order chi connectivity index (χ0) is 29.8. The van der Waals surface area contributed by atoms with Crippen LogP contribution < -0.4 is 64.0 Å². The van der Waals surface area contributed by atoms with Gasteiger partial charge in [0.15, 0.2) is 40.3 Å². The number of carbonyl (C=O) groups excluding carboxylic acids is 1. The Balaban J connectivity index is 0.000000902. The predicted octanol–water partition coefficient (Wildman–Crippen LogP) is -0.105. The van der Waals surface area contributed by atoms with Crippen LogP contribution in [0.4, 0.5) is 33.5 Å². The number of nitrogens with zero attached hydrogens (tertiary/aromatic N) is 4. The van der Waals surface area contributed by atoms with Gasteiger partial charge in [-0.3, -0.25) is 4.79 Å². The van der Waals surface area contributed by atoms with Crippen molar-refractivity contribution in [2.45, 2.75) is 19.4 Å². The molecule has 216 valence electrons. The van der Waals surface area contributed by atoms with Crippen molar-refractivity contribution in [3.8, 4) is 23.0 Å². The molecule has 1 amide bonds. The summed E-state index contributed by atoms with van der Waals surface area (Å²) >= 11 is 0. The number of carbonyl (C=O) groups is 1. The molecule has 5 N–H and O–H groups in total. The molecule has 1 aromatic carbocycles. The number of rotatable bonds is 7. The molecule has 3 aromatic rings. The molecule has 0 fully saturated rings. The number of aromatic nitrogens is 3. The van der Waals surface area contributed by atoms with E-state index in [4.69, 9.17) is 38.2 Å². The topological polar surface area (TPSA) is 198 Å². The van der Waals surface area contributed by atoms with Gasteiger partial charge in [-0.1, -0.05) is 0 Å². The molecule has 0 spiro atoms. The van der Waals surface area contributed by atoms with Crippen molar-refractivity contribution in [2.75, 3.05) is 36.9 Å². The van der Waals surface area contributed by atoms with Crippen LogP contribution in [0.3, 0.4) is 0 Å². The number of pyridine rings is 1. The maximum atomic E-state index is 14.5. The standard InChI is InChI=1S/C23H24FN6O5.Na.H3O4P/c1-23(2)21(31)30(3)20-14(35-23)7-8-17(28-20)27-19-13(24)11-25-22(29-19)26-12-9-15(32-4)18(34-6)16(10-12)33-5;;1-5(2,3)4/h7-11H,3H2,1-2,4-6H3,(H2,25,26,27,28,29);;(H3,1,2,3,4)/q-1;+1;. The van der Waals surface area contributed by atoms with Gasteiger partial charge in [0.2, 0.25) is 17.6 Å². The van der Waals surface area contributed by atoms with E-state index >= 15 is 0 Å². The molecule has 1 aliphatic heterocycles. The summed E-state index contributed by atoms with van der Waals surface area (Å²) in [6, 6.07) is 6.51. The molecule has 18 heteroatoms. The van der Waals surface area contributed by atoms with E-state index in [0.717, 1.165) is 11.1 Å². The van der Waals surface area contributed by atoms with E-state index in [2.05, 4.69) is 32.6 Å². The van der Waals surface area contributed by atoms with Crippen molar-refractivity contribution in [1.82, 2.24) is 15.0 Å². The SMILES string of the molecule is O=P(O)(O)O.[CH2-]N1C(=O)C(C)(C)Oc2ccc(Nc3nc(Nc4cc(OC)c(OC)c(OC)c4)ncc3F)nc21.[Na+]. The molecule has 4 rings (SSSR count). The quantitative estimate of drug-likeness (QED) is 0.136. The van der Waals surface area contributed by atoms with Crippen molar-refractivity contribution in [2.24, 2.45) is 0 Å². The number of amides is 1. The second-order valence-electron chi connectivity index (χ2n) is 8.43. The van der Waals surface area contributed by atoms with Gasteiger partial charge >= 0.3 is 37.4 Å². The molecule has 0 bridgehead atoms. The van der Waals surface area contributed by atoms with Crippen molar-refractivity contribution < 1.29 is 76.9 Å². The Bertz CT molecular complexity index is 1430. The second-order valence-corrected chi connectivity index (χ2v) is 9.46. The van der Waals surface area contributed by atoms with Crippen LogP contribution in [0.25, 0.3) is 0 Å². The number of ether oxygens (including phenoxy) is 4. The fourth-order valence-corrected chi connectivity index (χ4v) is 3.44. The number of nitrogens with one attached hydrogen (secondary N) is 2. The Morgan fingerprint density at radius 3 is 2.17 bits per heavy atom. The monoisotopic (exact) mass is 604 g/mol. The van der Waals surface area contributed by atoms with E-state index in [1.54, 1.807) is 38.1 Å². The third-order valence-electron chi connectivity index (χ3n) is 5.13. The minimum absolute atomic E-state index is 0. The van der Waals surface area contributed by atoms with E-state index in [0.29, 0.717) is 28.7 Å². The Morgan fingerprint density at radius 1 is 1.05 bits per heavy atom. The fourth-order valence-electron chi connectivity index (χ4n) is 3.44. The molecule has 41 heavy (non-hydrogen) atoms. The number of methoxy groups -OCH3 is 3. The first kappa shape index (κ1) is 34.0. The summed E-state index contributed by atoms with van der Waals surface area (Å²) < 4.78 is 45.1. The number of fused-ring (bicyclic) bond motifs is 1. The van der Waals surface area contributed by atoms with Crippen molar-refractivity contribution in [3.63, 3.8) is 0 Å². The van der Waals surface area contributed by atoms with Crippen LogP contribution in [-0.2, 0) is 9.36 Å². The van der Waals surface area contributed by atoms with Crippen LogP contribution in [0.1, 0.15) is 13.8 Å². The van der Waals surface area contributed by atoms with Crippen LogP contribution in [0.5, 0.6) is 23.0 Å². The van der Waals surface area contributed by atoms with Crippen LogP contribution in [0.15, 0.2) is 30.5 Å². The summed E-state index contributed by atoms with van der Waals surface area (Å²) in [5.41, 5.74) is -0.549. The van der Waals surface area contributed by atoms with Gasteiger partial charge in [-0.2, -0.15) is 4.98 Å². The molecule has 0 atom stereocenters. The molecule has 0 unspecified atom stereocenters. The number of anilines is 5. The first-order valence-corrected chi connectivity index (χ1v) is 12.7. The number of hydrogen-bond donors (Lipinski definition) is 5. The van der Waals surface area contributed by atoms with Gasteiger partial charge in [0.25, 0.3) is 0 Å². The predicted molar refractivity (Wildman–Crippen MR) is 141 cm³/mol. The Kier molecular flexibility index (Phi) is 11.3. The third-order valence-corrected chi connectivity index (χ3v) is 5.13. The zero-order valence-corrected chi connectivity index (χ0v) is 25.9. The molecule has 0 aliphatic carbocycles. The number of phosphoric acid groups is 1. The number of hydrogen-bond acceptors (Lipinski definition) is 11. The minimum atomic E-state index is -4.64. The normalized spacial score (nSPS) is 13.4. The van der Waals surface area contributed by atoms with Gasteiger partial charge in [-0.15, -0.1) is 0 Å². The number of benzene rings is 1. The fraction of sp³-hybridized carbons (Fsp3) is 0.261. The summed E-state index contributed by atoms with van der Waals surface area (Å²) in [5, 5.41) is 5.78. The van der Waals surface area contributed by atoms with E-state index in [-0.39, 0.29) is 58.9 Å². The molecular formula is C23H27FN6NaO9P. The molecule has 15 nitrogen and oxygen atoms in total. The van der Waals surface area contributed by atoms with Gasteiger partial charge in [-0.05, 0) is 26.0 Å². The zero-order valence-electron chi connectivity index (χ0n) is 23.0. The molecule has 2 aromatic heterocycles. The number of halogens is 1. The Labute approximate surface area is 256 Å². The second kappa shape index (κ2) is 13.6. The van der Waals surface area contributed by atoms with Gasteiger partial charge in [0, 0.05) is 17.8 Å². The van der Waals surface area contributed by atoms with Gasteiger partial charge in [-0.25, -0.2) is 26.0 Å². The van der Waals surface area contributed by atoms with Crippen molar-refractivity contribution >= 4 is 42.8 Å². The van der Waals surface area contributed by atoms with E-state index in [1.165, 1.54) is 21.3 Å². The molecule has 1 aliphatic rings. The van der Waals surface area contributed by atoms with Crippen LogP contribution in [0, 0.1) is 12.9 Å². The first-order chi connectivity index (χ1) is 18.7. The molecule has 3 heterocycles. The van der Waals surface area contributed by atoms with Crippen LogP contribution in [0.2, 0.25) is 0 Å². The molecule has 0 radical (unpaired) electrons. The summed E-state index contributed by atoms with van der Waals surface area (Å²) in [4.78, 5) is 47.7. The summed E-state index contributed by atoms with van der Waals surface area (Å²) in [5.74, 6) is 0.960. The van der Waals surface area contributed by atoms with Crippen molar-refractivity contribution in [3.05, 3.63) is 43.3 Å². The van der Waals surface area contributed by atoms with Crippen LogP contribution in [-0.4, -0.2) is 62.5 Å². The van der Waals surface area contributed by atoms with E-state index in [9.17, 15) is 9.18 Å². The van der Waals surface area contributed by atoms with Gasteiger partial charge < -0.3 is 49.2 Å². The minimum Gasteiger partial charge on any atom is -0.493 e. The van der Waals surface area contributed by atoms with Crippen LogP contribution >= 0.6 is 7.82 Å². The first-order valence-electron chi connectivity index (χ1n) is 11.2. The van der Waals surface area contributed by atoms with Gasteiger partial charge in [0.1, 0.15) is 5.82 Å². The Morgan fingerprint density at radius 2 is 1.63 bits per heavy atom. The summed E-state index contributed by atoms with van der Waals surface area (Å²) in [6.07, 6.45) is 1.01. The largest absolute Gasteiger partial charge is 1.00 e. The Hall–Kier alpha value is -3.24. The summed E-state index contributed by atoms with van der Waals surface area (Å²) in [7, 11) is 3.61. The summed E-state index contributed by atoms with van der Waals surface area (Å²) in [6.45, 7) is 3.28. The van der Waals surface area contributed by atoms with E-state index < -0.39 is 19.2 Å². The third kappa shape index (κ3) is 8.63. The molecule has 0 saturated carbocycles. The molecular weight excluding hydrogens is 577 g/mol. The van der Waals surface area contributed by atoms with Crippen molar-refractivity contribution in [1.29, 1.82) is 0 Å². The van der Waals surface area contributed by atoms with Gasteiger partial charge in [0.05, 0.1) is 27.5 Å². The molecule has 0 saturated heterocycles.